The third-order valence-electron chi connectivity index (χ3n) is 5.81. The molecule has 2 bridgehead atoms. The van der Waals surface area contributed by atoms with Gasteiger partial charge < -0.3 is 20.1 Å². The number of hydrogen-bond donors (Lipinski definition) is 2. The van der Waals surface area contributed by atoms with E-state index >= 15 is 0 Å². The van der Waals surface area contributed by atoms with Crippen molar-refractivity contribution in [1.82, 2.24) is 14.5 Å². The van der Waals surface area contributed by atoms with E-state index in [1.54, 1.807) is 6.20 Å². The Hall–Kier alpha value is -2.29. The molecule has 2 aromatic heterocycles. The van der Waals surface area contributed by atoms with Gasteiger partial charge in [0.15, 0.2) is 11.6 Å². The second-order valence-corrected chi connectivity index (χ2v) is 8.14. The zero-order chi connectivity index (χ0) is 20.2. The van der Waals surface area contributed by atoms with Crippen LogP contribution in [0.5, 0.6) is 5.75 Å². The zero-order valence-corrected chi connectivity index (χ0v) is 15.6. The highest BCUT2D eigenvalue weighted by atomic mass is 19.4. The van der Waals surface area contributed by atoms with Crippen molar-refractivity contribution in [3.05, 3.63) is 24.3 Å². The number of aliphatic hydroxyl groups is 1. The molecule has 2 aromatic rings. The SMILES string of the molecule is CC(C)C(O)c1nc(-c2cnc(N)c(OC(F)(F)F)c2)cn1[C@H]1CC2CC1C2. The lowest BCUT2D eigenvalue weighted by Crippen LogP contribution is -2.20. The van der Waals surface area contributed by atoms with Gasteiger partial charge in [-0.25, -0.2) is 9.97 Å². The molecule has 28 heavy (non-hydrogen) atoms. The second-order valence-electron chi connectivity index (χ2n) is 8.14. The van der Waals surface area contributed by atoms with Gasteiger partial charge >= 0.3 is 6.36 Å². The lowest BCUT2D eigenvalue weighted by atomic mass is 9.84. The minimum atomic E-state index is -4.86. The van der Waals surface area contributed by atoms with Crippen molar-refractivity contribution >= 4 is 5.82 Å². The lowest BCUT2D eigenvalue weighted by molar-refractivity contribution is -0.274. The van der Waals surface area contributed by atoms with Gasteiger partial charge in [0.25, 0.3) is 0 Å². The van der Waals surface area contributed by atoms with Gasteiger partial charge in [0.1, 0.15) is 11.9 Å². The van der Waals surface area contributed by atoms with Gasteiger partial charge in [-0.05, 0) is 43.1 Å². The smallest absolute Gasteiger partial charge is 0.402 e. The number of anilines is 1. The molecule has 0 aromatic carbocycles. The first-order valence-electron chi connectivity index (χ1n) is 9.41. The molecule has 0 saturated heterocycles. The number of alkyl halides is 3. The van der Waals surface area contributed by atoms with Crippen LogP contribution in [0.15, 0.2) is 18.5 Å². The van der Waals surface area contributed by atoms with Gasteiger partial charge in [0, 0.05) is 24.0 Å². The van der Waals surface area contributed by atoms with Crippen LogP contribution < -0.4 is 10.5 Å². The summed E-state index contributed by atoms with van der Waals surface area (Å²) in [5.74, 6) is 0.874. The van der Waals surface area contributed by atoms with Crippen LogP contribution in [0, 0.1) is 17.8 Å². The summed E-state index contributed by atoms with van der Waals surface area (Å²) in [7, 11) is 0. The molecule has 3 aliphatic rings. The number of fused-ring (bicyclic) bond motifs is 1. The van der Waals surface area contributed by atoms with Gasteiger partial charge in [-0.1, -0.05) is 13.8 Å². The number of imidazole rings is 1. The van der Waals surface area contributed by atoms with E-state index in [2.05, 4.69) is 14.7 Å². The summed E-state index contributed by atoms with van der Waals surface area (Å²) in [4.78, 5) is 8.38. The topological polar surface area (TPSA) is 86.2 Å². The van der Waals surface area contributed by atoms with Crippen molar-refractivity contribution in [2.75, 3.05) is 5.73 Å². The van der Waals surface area contributed by atoms with E-state index in [4.69, 9.17) is 5.73 Å². The van der Waals surface area contributed by atoms with Gasteiger partial charge in [0.2, 0.25) is 0 Å². The summed E-state index contributed by atoms with van der Waals surface area (Å²) in [5.41, 5.74) is 6.32. The molecule has 0 radical (unpaired) electrons. The number of aromatic nitrogens is 3. The largest absolute Gasteiger partial charge is 0.573 e. The van der Waals surface area contributed by atoms with Crippen molar-refractivity contribution in [1.29, 1.82) is 0 Å². The van der Waals surface area contributed by atoms with Crippen LogP contribution in [0.3, 0.4) is 0 Å². The van der Waals surface area contributed by atoms with Crippen molar-refractivity contribution < 1.29 is 23.0 Å². The van der Waals surface area contributed by atoms with Crippen LogP contribution >= 0.6 is 0 Å². The highest BCUT2D eigenvalue weighted by Gasteiger charge is 2.46. The molecule has 1 unspecified atom stereocenters. The minimum Gasteiger partial charge on any atom is -0.402 e. The molecule has 2 atom stereocenters. The summed E-state index contributed by atoms with van der Waals surface area (Å²) >= 11 is 0. The first-order chi connectivity index (χ1) is 13.1. The van der Waals surface area contributed by atoms with Crippen molar-refractivity contribution in [3.63, 3.8) is 0 Å². The maximum atomic E-state index is 12.6. The molecule has 152 valence electrons. The maximum Gasteiger partial charge on any atom is 0.573 e. The molecule has 9 heteroatoms. The summed E-state index contributed by atoms with van der Waals surface area (Å²) in [5, 5.41) is 10.7. The molecule has 0 spiro atoms. The number of rotatable bonds is 5. The Bertz CT molecular complexity index is 875. The number of halogens is 3. The quantitative estimate of drug-likeness (QED) is 0.795. The number of nitrogen functional groups attached to an aromatic ring is 1. The first kappa shape index (κ1) is 19.0. The van der Waals surface area contributed by atoms with E-state index in [1.165, 1.54) is 25.1 Å². The summed E-state index contributed by atoms with van der Waals surface area (Å²) < 4.78 is 43.8. The van der Waals surface area contributed by atoms with Crippen LogP contribution in [0.4, 0.5) is 19.0 Å². The number of nitrogens with zero attached hydrogens (tertiary/aromatic N) is 3. The summed E-state index contributed by atoms with van der Waals surface area (Å²) in [6.07, 6.45) is 0.949. The third kappa shape index (κ3) is 3.43. The fourth-order valence-corrected chi connectivity index (χ4v) is 4.30. The summed E-state index contributed by atoms with van der Waals surface area (Å²) in [6, 6.07) is 1.45. The van der Waals surface area contributed by atoms with Crippen molar-refractivity contribution in [3.8, 4) is 17.0 Å². The Kier molecular flexibility index (Phi) is 4.52. The molecule has 3 aliphatic carbocycles. The fraction of sp³-hybridized carbons (Fsp3) is 0.579. The second kappa shape index (κ2) is 6.65. The first-order valence-corrected chi connectivity index (χ1v) is 9.41. The molecule has 3 N–H and O–H groups in total. The third-order valence-corrected chi connectivity index (χ3v) is 5.81. The Morgan fingerprint density at radius 3 is 2.57 bits per heavy atom. The highest BCUT2D eigenvalue weighted by molar-refractivity contribution is 5.64. The van der Waals surface area contributed by atoms with Crippen LogP contribution in [0.2, 0.25) is 0 Å². The van der Waals surface area contributed by atoms with E-state index in [0.29, 0.717) is 23.0 Å². The van der Waals surface area contributed by atoms with Crippen LogP contribution in [-0.4, -0.2) is 26.0 Å². The standard InChI is InChI=1S/C19H23F3N4O2/c1-9(2)16(27)18-25-13(8-26(18)14-5-10-3-11(14)4-10)12-6-15(17(23)24-7-12)28-19(20,21)22/h6-11,14,16,27H,3-5H2,1-2H3,(H2,23,24)/t10?,11?,14-,16?/m0/s1. The van der Waals surface area contributed by atoms with Gasteiger partial charge in [-0.3, -0.25) is 0 Å². The zero-order valence-electron chi connectivity index (χ0n) is 15.6. The molecular weight excluding hydrogens is 373 g/mol. The summed E-state index contributed by atoms with van der Waals surface area (Å²) in [6.45, 7) is 3.80. The Balaban J connectivity index is 1.73. The number of ether oxygens (including phenoxy) is 1. The highest BCUT2D eigenvalue weighted by Crippen LogP contribution is 2.55. The van der Waals surface area contributed by atoms with Crippen molar-refractivity contribution in [2.45, 2.75) is 51.6 Å². The van der Waals surface area contributed by atoms with E-state index in [0.717, 1.165) is 12.3 Å². The van der Waals surface area contributed by atoms with Crippen LogP contribution in [0.1, 0.15) is 51.1 Å². The average Bonchev–Trinajstić information content (AvgIpc) is 3.26. The molecule has 0 aliphatic heterocycles. The monoisotopic (exact) mass is 396 g/mol. The Morgan fingerprint density at radius 2 is 2.00 bits per heavy atom. The number of hydrogen-bond acceptors (Lipinski definition) is 5. The van der Waals surface area contributed by atoms with E-state index in [-0.39, 0.29) is 17.8 Å². The normalized spacial score (nSPS) is 25.0. The maximum absolute atomic E-state index is 12.6. The molecule has 5 rings (SSSR count). The molecule has 3 fully saturated rings. The molecule has 3 saturated carbocycles. The molecule has 0 amide bonds. The molecule has 2 heterocycles. The molecule has 6 nitrogen and oxygen atoms in total. The number of nitrogens with two attached hydrogens (primary N) is 1. The Labute approximate surface area is 160 Å². The average molecular weight is 396 g/mol. The van der Waals surface area contributed by atoms with Crippen molar-refractivity contribution in [2.24, 2.45) is 17.8 Å². The van der Waals surface area contributed by atoms with Gasteiger partial charge in [0.05, 0.1) is 5.69 Å². The van der Waals surface area contributed by atoms with E-state index in [1.807, 2.05) is 18.4 Å². The van der Waals surface area contributed by atoms with Gasteiger partial charge in [-0.2, -0.15) is 0 Å². The van der Waals surface area contributed by atoms with Crippen LogP contribution in [-0.2, 0) is 0 Å². The predicted molar refractivity (Wildman–Crippen MR) is 96.2 cm³/mol. The Morgan fingerprint density at radius 1 is 1.29 bits per heavy atom. The predicted octanol–water partition coefficient (Wildman–Crippen LogP) is 4.09. The number of pyridine rings is 1. The lowest BCUT2D eigenvalue weighted by Gasteiger charge is -2.26. The van der Waals surface area contributed by atoms with Crippen LogP contribution in [0.25, 0.3) is 11.3 Å². The van der Waals surface area contributed by atoms with E-state index < -0.39 is 18.2 Å². The number of aliphatic hydroxyl groups excluding tert-OH is 1. The fourth-order valence-electron chi connectivity index (χ4n) is 4.30. The van der Waals surface area contributed by atoms with Gasteiger partial charge in [-0.15, -0.1) is 13.2 Å². The van der Waals surface area contributed by atoms with E-state index in [9.17, 15) is 18.3 Å². The minimum absolute atomic E-state index is 0.0425. The molecular formula is C19H23F3N4O2.